The number of fused-ring (bicyclic) bond motifs is 5. The zero-order valence-corrected chi connectivity index (χ0v) is 16.5. The van der Waals surface area contributed by atoms with Crippen molar-refractivity contribution in [2.24, 2.45) is 0 Å². The SMILES string of the molecule is O=C1c2ccccc2C(=O)c2ccccc21.O=Cc1ccc2c(c1)[nH]c1ccccc12. The molecule has 0 spiro atoms. The summed E-state index contributed by atoms with van der Waals surface area (Å²) in [5.74, 6) is -0.128. The lowest BCUT2D eigenvalue weighted by Gasteiger charge is -2.16. The Labute approximate surface area is 178 Å². The number of carbonyl (C=O) groups is 3. The lowest BCUT2D eigenvalue weighted by Crippen LogP contribution is -2.20. The lowest BCUT2D eigenvalue weighted by molar-refractivity contribution is 0.0979. The number of hydrogen-bond donors (Lipinski definition) is 1. The van der Waals surface area contributed by atoms with Crippen molar-refractivity contribution >= 4 is 39.7 Å². The Balaban J connectivity index is 0.000000132. The van der Waals surface area contributed by atoms with Gasteiger partial charge in [-0.05, 0) is 12.1 Å². The fraction of sp³-hybridized carbons (Fsp3) is 0. The molecule has 0 unspecified atom stereocenters. The van der Waals surface area contributed by atoms with Crippen LogP contribution in [-0.4, -0.2) is 22.8 Å². The molecule has 1 heterocycles. The summed E-state index contributed by atoms with van der Waals surface area (Å²) >= 11 is 0. The summed E-state index contributed by atoms with van der Waals surface area (Å²) in [6.07, 6.45) is 0.866. The predicted octanol–water partition coefficient (Wildman–Crippen LogP) is 5.60. The van der Waals surface area contributed by atoms with Gasteiger partial charge in [-0.15, -0.1) is 0 Å². The van der Waals surface area contributed by atoms with Crippen molar-refractivity contribution in [1.82, 2.24) is 4.98 Å². The van der Waals surface area contributed by atoms with E-state index < -0.39 is 0 Å². The zero-order valence-electron chi connectivity index (χ0n) is 16.5. The molecular formula is C27H17NO3. The summed E-state index contributed by atoms with van der Waals surface area (Å²) in [7, 11) is 0. The molecule has 5 aromatic rings. The van der Waals surface area contributed by atoms with Gasteiger partial charge in [-0.25, -0.2) is 0 Å². The van der Waals surface area contributed by atoms with E-state index in [9.17, 15) is 14.4 Å². The highest BCUT2D eigenvalue weighted by molar-refractivity contribution is 6.28. The maximum absolute atomic E-state index is 12.1. The number of hydrogen-bond acceptors (Lipinski definition) is 3. The summed E-state index contributed by atoms with van der Waals surface area (Å²) < 4.78 is 0. The molecule has 0 fully saturated rings. The van der Waals surface area contributed by atoms with Crippen LogP contribution in [0.4, 0.5) is 0 Å². The molecule has 0 aliphatic heterocycles. The van der Waals surface area contributed by atoms with Gasteiger partial charge in [0, 0.05) is 49.6 Å². The van der Waals surface area contributed by atoms with Gasteiger partial charge >= 0.3 is 0 Å². The van der Waals surface area contributed by atoms with Crippen LogP contribution >= 0.6 is 0 Å². The Morgan fingerprint density at radius 1 is 0.548 bits per heavy atom. The Kier molecular flexibility index (Phi) is 4.53. The molecule has 0 radical (unpaired) electrons. The van der Waals surface area contributed by atoms with Crippen LogP contribution in [0.5, 0.6) is 0 Å². The van der Waals surface area contributed by atoms with Crippen molar-refractivity contribution in [2.45, 2.75) is 0 Å². The third-order valence-electron chi connectivity index (χ3n) is 5.50. The minimum absolute atomic E-state index is 0.0641. The second-order valence-electron chi connectivity index (χ2n) is 7.34. The molecule has 4 nitrogen and oxygen atoms in total. The van der Waals surface area contributed by atoms with Gasteiger partial charge in [-0.1, -0.05) is 78.9 Å². The molecule has 0 atom stereocenters. The van der Waals surface area contributed by atoms with E-state index in [1.807, 2.05) is 36.4 Å². The molecule has 1 aliphatic carbocycles. The minimum Gasteiger partial charge on any atom is -0.354 e. The maximum atomic E-state index is 12.1. The van der Waals surface area contributed by atoms with Crippen LogP contribution in [0.3, 0.4) is 0 Å². The predicted molar refractivity (Wildman–Crippen MR) is 121 cm³/mol. The first-order valence-corrected chi connectivity index (χ1v) is 9.90. The largest absolute Gasteiger partial charge is 0.354 e. The number of aromatic amines is 1. The van der Waals surface area contributed by atoms with E-state index in [1.165, 1.54) is 5.39 Å². The number of carbonyl (C=O) groups excluding carboxylic acids is 3. The van der Waals surface area contributed by atoms with Crippen LogP contribution in [-0.2, 0) is 0 Å². The van der Waals surface area contributed by atoms with E-state index in [2.05, 4.69) is 11.1 Å². The molecule has 0 saturated carbocycles. The van der Waals surface area contributed by atoms with Gasteiger partial charge in [0.25, 0.3) is 0 Å². The highest BCUT2D eigenvalue weighted by Gasteiger charge is 2.28. The number of H-pyrrole nitrogens is 1. The second kappa shape index (κ2) is 7.50. The smallest absolute Gasteiger partial charge is 0.194 e. The first-order chi connectivity index (χ1) is 15.2. The molecule has 4 aromatic carbocycles. The van der Waals surface area contributed by atoms with Crippen molar-refractivity contribution < 1.29 is 14.4 Å². The third-order valence-corrected chi connectivity index (χ3v) is 5.50. The quantitative estimate of drug-likeness (QED) is 0.364. The van der Waals surface area contributed by atoms with Crippen molar-refractivity contribution in [3.05, 3.63) is 119 Å². The lowest BCUT2D eigenvalue weighted by atomic mass is 9.84. The van der Waals surface area contributed by atoms with Crippen LogP contribution in [0, 0.1) is 0 Å². The summed E-state index contributed by atoms with van der Waals surface area (Å²) in [5.41, 5.74) is 4.85. The first-order valence-electron chi connectivity index (χ1n) is 9.90. The summed E-state index contributed by atoms with van der Waals surface area (Å²) in [6.45, 7) is 0. The molecular weight excluding hydrogens is 386 g/mol. The van der Waals surface area contributed by atoms with Crippen LogP contribution in [0.2, 0.25) is 0 Å². The summed E-state index contributed by atoms with van der Waals surface area (Å²) in [5, 5.41) is 2.36. The summed E-state index contributed by atoms with van der Waals surface area (Å²) in [6, 6.07) is 27.7. The average molecular weight is 403 g/mol. The highest BCUT2D eigenvalue weighted by atomic mass is 16.1. The van der Waals surface area contributed by atoms with Crippen molar-refractivity contribution in [3.63, 3.8) is 0 Å². The van der Waals surface area contributed by atoms with Gasteiger partial charge in [-0.3, -0.25) is 14.4 Å². The van der Waals surface area contributed by atoms with Gasteiger partial charge in [0.1, 0.15) is 6.29 Å². The molecule has 148 valence electrons. The van der Waals surface area contributed by atoms with Crippen molar-refractivity contribution in [1.29, 1.82) is 0 Å². The minimum atomic E-state index is -0.0641. The van der Waals surface area contributed by atoms with Crippen molar-refractivity contribution in [2.75, 3.05) is 0 Å². The fourth-order valence-corrected chi connectivity index (χ4v) is 3.99. The zero-order chi connectivity index (χ0) is 21.4. The van der Waals surface area contributed by atoms with Gasteiger partial charge in [0.05, 0.1) is 0 Å². The van der Waals surface area contributed by atoms with Gasteiger partial charge in [-0.2, -0.15) is 0 Å². The number of rotatable bonds is 1. The Morgan fingerprint density at radius 3 is 1.58 bits per heavy atom. The normalized spacial score (nSPS) is 12.1. The van der Waals surface area contributed by atoms with Gasteiger partial charge in [0.2, 0.25) is 0 Å². The molecule has 1 aliphatic rings. The molecule has 1 N–H and O–H groups in total. The van der Waals surface area contributed by atoms with Crippen LogP contribution in [0.1, 0.15) is 42.2 Å². The van der Waals surface area contributed by atoms with E-state index in [-0.39, 0.29) is 11.6 Å². The molecule has 6 rings (SSSR count). The number of benzene rings is 4. The Hall–Kier alpha value is -4.31. The van der Waals surface area contributed by atoms with Crippen molar-refractivity contribution in [3.8, 4) is 0 Å². The van der Waals surface area contributed by atoms with Crippen LogP contribution < -0.4 is 0 Å². The van der Waals surface area contributed by atoms with Gasteiger partial charge in [0.15, 0.2) is 11.6 Å². The maximum Gasteiger partial charge on any atom is 0.194 e. The standard InChI is InChI=1S/C14H8O2.C13H9NO/c15-13-9-5-1-2-6-10(9)14(16)12-8-4-3-7-11(12)13;15-8-9-5-6-11-10-3-1-2-4-12(10)14-13(11)7-9/h1-8H;1-8,14H. The Morgan fingerprint density at radius 2 is 1.03 bits per heavy atom. The van der Waals surface area contributed by atoms with Gasteiger partial charge < -0.3 is 4.98 Å². The topological polar surface area (TPSA) is 67.0 Å². The van der Waals surface area contributed by atoms with E-state index in [0.717, 1.165) is 22.7 Å². The Bertz CT molecular complexity index is 1390. The monoisotopic (exact) mass is 403 g/mol. The molecule has 4 heteroatoms. The molecule has 0 saturated heterocycles. The van der Waals surface area contributed by atoms with E-state index in [1.54, 1.807) is 48.5 Å². The highest BCUT2D eigenvalue weighted by Crippen LogP contribution is 2.27. The molecule has 31 heavy (non-hydrogen) atoms. The average Bonchev–Trinajstić information content (AvgIpc) is 3.21. The molecule has 0 bridgehead atoms. The number of ketones is 2. The first kappa shape index (κ1) is 18.7. The fourth-order valence-electron chi connectivity index (χ4n) is 3.99. The van der Waals surface area contributed by atoms with E-state index in [4.69, 9.17) is 0 Å². The second-order valence-corrected chi connectivity index (χ2v) is 7.34. The van der Waals surface area contributed by atoms with E-state index >= 15 is 0 Å². The van der Waals surface area contributed by atoms with Crippen LogP contribution in [0.15, 0.2) is 91.0 Å². The van der Waals surface area contributed by atoms with E-state index in [0.29, 0.717) is 27.8 Å². The summed E-state index contributed by atoms with van der Waals surface area (Å²) in [4.78, 5) is 38.1. The number of aldehydes is 1. The molecule has 1 aromatic heterocycles. The molecule has 0 amide bonds. The third kappa shape index (κ3) is 3.15. The van der Waals surface area contributed by atoms with Crippen LogP contribution in [0.25, 0.3) is 21.8 Å². The number of para-hydroxylation sites is 1. The number of nitrogens with one attached hydrogen (secondary N) is 1. The number of aromatic nitrogens is 1.